The van der Waals surface area contributed by atoms with E-state index in [0.29, 0.717) is 0 Å². The van der Waals surface area contributed by atoms with Crippen molar-refractivity contribution < 1.29 is 40.3 Å². The molecule has 0 fully saturated rings. The van der Waals surface area contributed by atoms with Gasteiger partial charge in [-0.25, -0.2) is 8.42 Å². The van der Waals surface area contributed by atoms with Crippen molar-refractivity contribution in [2.24, 2.45) is 0 Å². The first-order valence-electron chi connectivity index (χ1n) is 0.565. The molecule has 0 amide bonds. The average molecular weight is 194 g/mol. The summed E-state index contributed by atoms with van der Waals surface area (Å²) in [5.74, 6) is 0. The van der Waals surface area contributed by atoms with Crippen LogP contribution in [0.2, 0.25) is 0 Å². The zero-order chi connectivity index (χ0) is 3.58. The Labute approximate surface area is 51.3 Å². The average Bonchev–Trinajstić information content (AvgIpc) is 0.811. The van der Waals surface area contributed by atoms with Gasteiger partial charge in [0, 0.05) is 27.3 Å². The molecule has 0 rings (SSSR count). The summed E-state index contributed by atoms with van der Waals surface area (Å²) in [6, 6.07) is 0. The zero-order valence-electron chi connectivity index (χ0n) is 2.42. The predicted molar refractivity (Wildman–Crippen MR) is 12.9 cm³/mol. The minimum atomic E-state index is -3.12. The zero-order valence-corrected chi connectivity index (χ0v) is 7.35. The van der Waals surface area contributed by atoms with Crippen LogP contribution in [0, 0.1) is 0 Å². The van der Waals surface area contributed by atoms with Crippen LogP contribution in [0.25, 0.3) is 0 Å². The minimum Gasteiger partial charge on any atom is -0.288 e. The summed E-state index contributed by atoms with van der Waals surface area (Å²) < 4.78 is 24.2. The van der Waals surface area contributed by atoms with E-state index in [1.165, 1.54) is 0 Å². The number of hydrogen-bond acceptors (Lipinski definition) is 2. The first kappa shape index (κ1) is 9.27. The molecule has 0 radical (unpaired) electrons. The van der Waals surface area contributed by atoms with Gasteiger partial charge in [-0.2, -0.15) is 0 Å². The fourth-order valence-electron chi connectivity index (χ4n) is 0. The van der Waals surface area contributed by atoms with Gasteiger partial charge in [-0.15, -0.1) is 0 Å². The SMILES string of the molecule is O=[SH](=O)O.[Cd]. The van der Waals surface area contributed by atoms with Crippen molar-refractivity contribution in [3.05, 3.63) is 0 Å². The van der Waals surface area contributed by atoms with Gasteiger partial charge < -0.3 is 0 Å². The summed E-state index contributed by atoms with van der Waals surface area (Å²) in [5, 5.41) is 0. The van der Waals surface area contributed by atoms with Crippen LogP contribution in [0.3, 0.4) is 0 Å². The van der Waals surface area contributed by atoms with Crippen molar-refractivity contribution in [1.29, 1.82) is 0 Å². The molecule has 5 heteroatoms. The maximum Gasteiger partial charge on any atom is 0.254 e. The van der Waals surface area contributed by atoms with E-state index in [1.54, 1.807) is 0 Å². The molecule has 0 aromatic heterocycles. The van der Waals surface area contributed by atoms with Crippen molar-refractivity contribution in [2.45, 2.75) is 0 Å². The van der Waals surface area contributed by atoms with Gasteiger partial charge in [0.15, 0.2) is 0 Å². The van der Waals surface area contributed by atoms with Crippen LogP contribution < -0.4 is 0 Å². The Kier molecular flexibility index (Phi) is 8.96. The van der Waals surface area contributed by atoms with Crippen molar-refractivity contribution >= 4 is 11.0 Å². The van der Waals surface area contributed by atoms with Crippen molar-refractivity contribution in [1.82, 2.24) is 0 Å². The summed E-state index contributed by atoms with van der Waals surface area (Å²) in [6.07, 6.45) is 0. The van der Waals surface area contributed by atoms with Gasteiger partial charge in [-0.05, 0) is 0 Å². The van der Waals surface area contributed by atoms with Gasteiger partial charge in [-0.3, -0.25) is 4.55 Å². The third-order valence-corrected chi connectivity index (χ3v) is 0. The van der Waals surface area contributed by atoms with E-state index < -0.39 is 11.0 Å². The molecule has 0 unspecified atom stereocenters. The van der Waals surface area contributed by atoms with Gasteiger partial charge in [0.1, 0.15) is 0 Å². The van der Waals surface area contributed by atoms with Gasteiger partial charge >= 0.3 is 0 Å². The molecule has 0 heterocycles. The summed E-state index contributed by atoms with van der Waals surface area (Å²) in [6.45, 7) is 0. The Morgan fingerprint density at radius 2 is 1.40 bits per heavy atom. The van der Waals surface area contributed by atoms with Gasteiger partial charge in [0.25, 0.3) is 11.0 Å². The van der Waals surface area contributed by atoms with Gasteiger partial charge in [0.05, 0.1) is 0 Å². The van der Waals surface area contributed by atoms with Crippen LogP contribution in [-0.2, 0) is 38.3 Å². The Hall–Kier alpha value is 0.832. The Morgan fingerprint density at radius 1 is 1.40 bits per heavy atom. The van der Waals surface area contributed by atoms with Gasteiger partial charge in [0.2, 0.25) is 0 Å². The molecule has 0 spiro atoms. The molecular formula is H2CdO3S. The molecule has 0 aliphatic carbocycles. The second-order valence-electron chi connectivity index (χ2n) is 0.238. The first-order valence-corrected chi connectivity index (χ1v) is 1.70. The standard InChI is InChI=1S/Cd.H2O3S/c;1-4(2)3/h;4H,(H,1,2,3). The summed E-state index contributed by atoms with van der Waals surface area (Å²) in [4.78, 5) is 0. The molecule has 0 atom stereocenters. The van der Waals surface area contributed by atoms with Crippen LogP contribution in [-0.4, -0.2) is 13.0 Å². The summed E-state index contributed by atoms with van der Waals surface area (Å²) >= 11 is 0. The Morgan fingerprint density at radius 3 is 1.40 bits per heavy atom. The van der Waals surface area contributed by atoms with E-state index in [0.717, 1.165) is 0 Å². The topological polar surface area (TPSA) is 54.4 Å². The largest absolute Gasteiger partial charge is 0.288 e. The van der Waals surface area contributed by atoms with Crippen LogP contribution in [0.15, 0.2) is 0 Å². The van der Waals surface area contributed by atoms with E-state index >= 15 is 0 Å². The number of thiol groups is 1. The number of rotatable bonds is 0. The second kappa shape index (κ2) is 4.83. The number of hydrogen-bond donors (Lipinski definition) is 2. The molecule has 28 valence electrons. The fraction of sp³-hybridized carbons (Fsp3) is 0. The van der Waals surface area contributed by atoms with Crippen LogP contribution in [0.5, 0.6) is 0 Å². The molecule has 0 aromatic rings. The normalized spacial score (nSPS) is 6.80. The monoisotopic (exact) mass is 196 g/mol. The van der Waals surface area contributed by atoms with E-state index in [-0.39, 0.29) is 27.3 Å². The Balaban J connectivity index is 0. The fourth-order valence-corrected chi connectivity index (χ4v) is 0. The molecule has 0 aliphatic rings. The molecule has 0 aliphatic heterocycles. The van der Waals surface area contributed by atoms with Crippen LogP contribution in [0.4, 0.5) is 0 Å². The molecule has 0 saturated heterocycles. The van der Waals surface area contributed by atoms with E-state index in [4.69, 9.17) is 13.0 Å². The Bertz CT molecular complexity index is 55.3. The summed E-state index contributed by atoms with van der Waals surface area (Å²) in [5.41, 5.74) is 0. The van der Waals surface area contributed by atoms with E-state index in [2.05, 4.69) is 0 Å². The molecule has 5 heavy (non-hydrogen) atoms. The van der Waals surface area contributed by atoms with E-state index in [1.807, 2.05) is 0 Å². The molecule has 0 aromatic carbocycles. The molecule has 3 nitrogen and oxygen atoms in total. The van der Waals surface area contributed by atoms with Crippen molar-refractivity contribution in [3.8, 4) is 0 Å². The molecule has 0 saturated carbocycles. The van der Waals surface area contributed by atoms with E-state index in [9.17, 15) is 0 Å². The van der Waals surface area contributed by atoms with Gasteiger partial charge in [-0.1, -0.05) is 0 Å². The third kappa shape index (κ3) is 56.0. The molecule has 1 N–H and O–H groups in total. The smallest absolute Gasteiger partial charge is 0.254 e. The van der Waals surface area contributed by atoms with Crippen molar-refractivity contribution in [3.63, 3.8) is 0 Å². The minimum absolute atomic E-state index is 0. The maximum absolute atomic E-state index is 8.59. The molecule has 0 bridgehead atoms. The van der Waals surface area contributed by atoms with Crippen LogP contribution >= 0.6 is 0 Å². The molecular weight excluding hydrogens is 192 g/mol. The van der Waals surface area contributed by atoms with Crippen molar-refractivity contribution in [2.75, 3.05) is 0 Å². The predicted octanol–water partition coefficient (Wildman–Crippen LogP) is -0.932. The maximum atomic E-state index is 8.59. The summed E-state index contributed by atoms with van der Waals surface area (Å²) in [7, 11) is -3.12. The third-order valence-electron chi connectivity index (χ3n) is 0. The second-order valence-corrected chi connectivity index (χ2v) is 0.714. The first-order chi connectivity index (χ1) is 1.73. The van der Waals surface area contributed by atoms with Crippen LogP contribution in [0.1, 0.15) is 0 Å². The quantitative estimate of drug-likeness (QED) is 0.298.